The molecule has 0 amide bonds. The molecule has 0 aliphatic heterocycles. The van der Waals surface area contributed by atoms with Crippen molar-refractivity contribution in [2.45, 2.75) is 44.8 Å². The van der Waals surface area contributed by atoms with E-state index in [1.807, 2.05) is 38.1 Å². The van der Waals surface area contributed by atoms with Crippen molar-refractivity contribution in [1.82, 2.24) is 4.90 Å². The number of para-hydroxylation sites is 1. The molecule has 2 aromatic rings. The van der Waals surface area contributed by atoms with Crippen LogP contribution in [-0.4, -0.2) is 49.5 Å². The van der Waals surface area contributed by atoms with Gasteiger partial charge in [0.1, 0.15) is 29.4 Å². The van der Waals surface area contributed by atoms with Crippen molar-refractivity contribution in [3.05, 3.63) is 53.6 Å². The maximum absolute atomic E-state index is 12.9. The molecule has 2 N–H and O–H groups in total. The van der Waals surface area contributed by atoms with E-state index in [4.69, 9.17) is 31.5 Å². The Labute approximate surface area is 190 Å². The van der Waals surface area contributed by atoms with Gasteiger partial charge in [-0.15, -0.1) is 11.6 Å². The quantitative estimate of drug-likeness (QED) is 0.276. The molecule has 0 spiro atoms. The maximum Gasteiger partial charge on any atom is 0.166 e. The van der Waals surface area contributed by atoms with E-state index in [1.54, 1.807) is 32.4 Å². The smallest absolute Gasteiger partial charge is 0.166 e. The van der Waals surface area contributed by atoms with Crippen LogP contribution in [-0.2, 0) is 6.61 Å². The van der Waals surface area contributed by atoms with Gasteiger partial charge in [0, 0.05) is 18.5 Å². The lowest BCUT2D eigenvalue weighted by Gasteiger charge is -2.29. The molecule has 0 heterocycles. The molecule has 2 aromatic carbocycles. The first-order valence-electron chi connectivity index (χ1n) is 10.5. The second-order valence-corrected chi connectivity index (χ2v) is 7.67. The lowest BCUT2D eigenvalue weighted by molar-refractivity contribution is 0.0969. The van der Waals surface area contributed by atoms with E-state index in [9.17, 15) is 4.79 Å². The molecular weight excluding hydrogens is 416 g/mol. The monoisotopic (exact) mass is 448 g/mol. The molecule has 170 valence electrons. The largest absolute Gasteiger partial charge is 0.497 e. The van der Waals surface area contributed by atoms with Crippen LogP contribution in [0.4, 0.5) is 0 Å². The van der Waals surface area contributed by atoms with E-state index >= 15 is 0 Å². The zero-order chi connectivity index (χ0) is 22.8. The van der Waals surface area contributed by atoms with E-state index in [2.05, 4.69) is 4.90 Å². The lowest BCUT2D eigenvalue weighted by Crippen LogP contribution is -2.44. The highest BCUT2D eigenvalue weighted by molar-refractivity contribution is 6.20. The van der Waals surface area contributed by atoms with Crippen molar-refractivity contribution in [3.63, 3.8) is 0 Å². The molecule has 0 saturated heterocycles. The normalized spacial score (nSPS) is 13.0. The first kappa shape index (κ1) is 25.0. The minimum atomic E-state index is -0.294. The average Bonchev–Trinajstić information content (AvgIpc) is 2.81. The van der Waals surface area contributed by atoms with Gasteiger partial charge in [-0.3, -0.25) is 9.69 Å². The summed E-state index contributed by atoms with van der Waals surface area (Å²) >= 11 is 6.47. The minimum absolute atomic E-state index is 0.0160. The Hall–Kier alpha value is -2.28. The van der Waals surface area contributed by atoms with E-state index in [0.717, 1.165) is 18.7 Å². The fourth-order valence-electron chi connectivity index (χ4n) is 3.35. The molecule has 0 aliphatic rings. The standard InChI is InChI=1S/C24H33ClN2O4/c1-5-27(6-2)24(25)21(26)11-12-22(28)20-9-7-8-10-23(20)31-16-17-13-18(29-3)15-19(14-17)30-4/h7-10,13-15,21,24H,5-6,11-12,16,26H2,1-4H3. The van der Waals surface area contributed by atoms with Crippen molar-refractivity contribution in [3.8, 4) is 17.2 Å². The number of benzene rings is 2. The highest BCUT2D eigenvalue weighted by Gasteiger charge is 2.22. The van der Waals surface area contributed by atoms with Crippen LogP contribution in [0.5, 0.6) is 17.2 Å². The number of Topliss-reactive ketones (excluding diaryl/α,β-unsaturated/α-hetero) is 1. The van der Waals surface area contributed by atoms with Crippen molar-refractivity contribution >= 4 is 17.4 Å². The van der Waals surface area contributed by atoms with Crippen molar-refractivity contribution in [2.75, 3.05) is 27.3 Å². The van der Waals surface area contributed by atoms with Crippen LogP contribution in [0.1, 0.15) is 42.6 Å². The Balaban J connectivity index is 2.04. The summed E-state index contributed by atoms with van der Waals surface area (Å²) in [4.78, 5) is 15.0. The minimum Gasteiger partial charge on any atom is -0.497 e. The van der Waals surface area contributed by atoms with Gasteiger partial charge in [0.05, 0.1) is 19.8 Å². The number of methoxy groups -OCH3 is 2. The zero-order valence-electron chi connectivity index (χ0n) is 18.8. The Morgan fingerprint density at radius 3 is 2.26 bits per heavy atom. The summed E-state index contributed by atoms with van der Waals surface area (Å²) in [6, 6.07) is 12.5. The Kier molecular flexibility index (Phi) is 10.1. The number of ether oxygens (including phenoxy) is 3. The molecule has 7 heteroatoms. The number of halogens is 1. The van der Waals surface area contributed by atoms with Gasteiger partial charge in [-0.2, -0.15) is 0 Å². The molecule has 6 nitrogen and oxygen atoms in total. The molecule has 0 bridgehead atoms. The molecular formula is C24H33ClN2O4. The van der Waals surface area contributed by atoms with Gasteiger partial charge in [-0.05, 0) is 49.3 Å². The fraction of sp³-hybridized carbons (Fsp3) is 0.458. The highest BCUT2D eigenvalue weighted by Crippen LogP contribution is 2.26. The molecule has 0 fully saturated rings. The number of hydrogen-bond acceptors (Lipinski definition) is 6. The summed E-state index contributed by atoms with van der Waals surface area (Å²) in [6.07, 6.45) is 0.809. The lowest BCUT2D eigenvalue weighted by atomic mass is 10.0. The average molecular weight is 449 g/mol. The van der Waals surface area contributed by atoms with Gasteiger partial charge < -0.3 is 19.9 Å². The third-order valence-electron chi connectivity index (χ3n) is 5.21. The van der Waals surface area contributed by atoms with Crippen molar-refractivity contribution in [2.24, 2.45) is 5.73 Å². The SMILES string of the molecule is CCN(CC)C(Cl)C(N)CCC(=O)c1ccccc1OCc1cc(OC)cc(OC)c1. The molecule has 2 rings (SSSR count). The third kappa shape index (κ3) is 7.13. The third-order valence-corrected chi connectivity index (χ3v) is 5.81. The summed E-state index contributed by atoms with van der Waals surface area (Å²) in [5.74, 6) is 1.88. The molecule has 0 radical (unpaired) electrons. The second-order valence-electron chi connectivity index (χ2n) is 7.23. The molecule has 31 heavy (non-hydrogen) atoms. The van der Waals surface area contributed by atoms with Crippen LogP contribution >= 0.6 is 11.6 Å². The Morgan fingerprint density at radius 2 is 1.68 bits per heavy atom. The predicted octanol–water partition coefficient (Wildman–Crippen LogP) is 4.48. The predicted molar refractivity (Wildman–Crippen MR) is 124 cm³/mol. The van der Waals surface area contributed by atoms with E-state index in [-0.39, 0.29) is 23.9 Å². The van der Waals surface area contributed by atoms with E-state index in [1.165, 1.54) is 0 Å². The molecule has 0 saturated carbocycles. The first-order chi connectivity index (χ1) is 14.9. The number of hydrogen-bond donors (Lipinski definition) is 1. The Morgan fingerprint density at radius 1 is 1.06 bits per heavy atom. The van der Waals surface area contributed by atoms with Crippen LogP contribution in [0.3, 0.4) is 0 Å². The van der Waals surface area contributed by atoms with Crippen LogP contribution in [0.2, 0.25) is 0 Å². The highest BCUT2D eigenvalue weighted by atomic mass is 35.5. The number of ketones is 1. The van der Waals surface area contributed by atoms with Gasteiger partial charge in [0.15, 0.2) is 5.78 Å². The summed E-state index contributed by atoms with van der Waals surface area (Å²) in [7, 11) is 3.20. The first-order valence-corrected chi connectivity index (χ1v) is 11.0. The van der Waals surface area contributed by atoms with E-state index in [0.29, 0.717) is 35.7 Å². The fourth-order valence-corrected chi connectivity index (χ4v) is 3.75. The van der Waals surface area contributed by atoms with Gasteiger partial charge in [-0.1, -0.05) is 26.0 Å². The summed E-state index contributed by atoms with van der Waals surface area (Å²) in [5, 5.41) is 0. The van der Waals surface area contributed by atoms with Gasteiger partial charge >= 0.3 is 0 Å². The number of carbonyl (C=O) groups is 1. The Bertz CT molecular complexity index is 820. The van der Waals surface area contributed by atoms with Crippen LogP contribution in [0.15, 0.2) is 42.5 Å². The molecule has 2 unspecified atom stereocenters. The van der Waals surface area contributed by atoms with E-state index < -0.39 is 0 Å². The molecule has 0 aliphatic carbocycles. The van der Waals surface area contributed by atoms with Gasteiger partial charge in [-0.25, -0.2) is 0 Å². The second kappa shape index (κ2) is 12.5. The topological polar surface area (TPSA) is 74.0 Å². The van der Waals surface area contributed by atoms with Gasteiger partial charge in [0.25, 0.3) is 0 Å². The summed E-state index contributed by atoms with van der Waals surface area (Å²) in [6.45, 7) is 6.00. The number of alkyl halides is 1. The van der Waals surface area contributed by atoms with Gasteiger partial charge in [0.2, 0.25) is 0 Å². The zero-order valence-corrected chi connectivity index (χ0v) is 19.5. The molecule has 2 atom stereocenters. The molecule has 0 aromatic heterocycles. The summed E-state index contributed by atoms with van der Waals surface area (Å²) < 4.78 is 16.6. The number of nitrogens with zero attached hydrogens (tertiary/aromatic N) is 1. The van der Waals surface area contributed by atoms with Crippen LogP contribution in [0, 0.1) is 0 Å². The maximum atomic E-state index is 12.9. The van der Waals surface area contributed by atoms with Crippen molar-refractivity contribution < 1.29 is 19.0 Å². The van der Waals surface area contributed by atoms with Crippen LogP contribution in [0.25, 0.3) is 0 Å². The number of nitrogens with two attached hydrogens (primary N) is 1. The number of rotatable bonds is 13. The number of carbonyl (C=O) groups excluding carboxylic acids is 1. The van der Waals surface area contributed by atoms with Crippen molar-refractivity contribution in [1.29, 1.82) is 0 Å². The number of likely N-dealkylation sites (N-methyl/N-ethyl adjacent to an activating group) is 1. The van der Waals surface area contributed by atoms with Crippen LogP contribution < -0.4 is 19.9 Å². The summed E-state index contributed by atoms with van der Waals surface area (Å²) in [5.41, 5.74) is 7.37.